The van der Waals surface area contributed by atoms with E-state index in [-0.39, 0.29) is 0 Å². The third-order valence-electron chi connectivity index (χ3n) is 3.93. The molecule has 0 aromatic rings. The molecule has 1 rings (SSSR count). The van der Waals surface area contributed by atoms with Gasteiger partial charge < -0.3 is 4.74 Å². The first-order valence-corrected chi connectivity index (χ1v) is 8.85. The van der Waals surface area contributed by atoms with Crippen molar-refractivity contribution in [2.24, 2.45) is 0 Å². The molecule has 0 spiro atoms. The summed E-state index contributed by atoms with van der Waals surface area (Å²) in [6.45, 7) is 4.49. The number of ether oxygens (including phenoxy) is 1. The van der Waals surface area contributed by atoms with E-state index in [9.17, 15) is 0 Å². The van der Waals surface area contributed by atoms with Crippen LogP contribution in [0.15, 0.2) is 24.3 Å². The zero-order chi connectivity index (χ0) is 14.5. The summed E-state index contributed by atoms with van der Waals surface area (Å²) in [5.74, 6) is 0. The van der Waals surface area contributed by atoms with Gasteiger partial charge >= 0.3 is 0 Å². The van der Waals surface area contributed by atoms with E-state index in [1.54, 1.807) is 0 Å². The van der Waals surface area contributed by atoms with Crippen LogP contribution >= 0.6 is 0 Å². The average Bonchev–Trinajstić information content (AvgIpc) is 3.19. The SMILES string of the molecule is CCCCCCCCC/C=C\C/C=C/[C@@H]1O[C@H]1CCC. The van der Waals surface area contributed by atoms with Gasteiger partial charge in [-0.25, -0.2) is 0 Å². The van der Waals surface area contributed by atoms with Crippen LogP contribution in [0.25, 0.3) is 0 Å². The molecule has 0 aliphatic carbocycles. The molecule has 1 heteroatoms. The van der Waals surface area contributed by atoms with Gasteiger partial charge in [0.05, 0.1) is 6.10 Å². The minimum absolute atomic E-state index is 0.423. The molecule has 0 aromatic carbocycles. The molecule has 0 radical (unpaired) electrons. The first-order chi connectivity index (χ1) is 9.88. The fraction of sp³-hybridized carbons (Fsp3) is 0.789. The van der Waals surface area contributed by atoms with Gasteiger partial charge in [0.1, 0.15) is 6.10 Å². The maximum Gasteiger partial charge on any atom is 0.102 e. The number of epoxide rings is 1. The van der Waals surface area contributed by atoms with Gasteiger partial charge in [-0.1, -0.05) is 83.1 Å². The number of rotatable bonds is 13. The molecule has 1 nitrogen and oxygen atoms in total. The van der Waals surface area contributed by atoms with Crippen LogP contribution in [0.1, 0.15) is 84.5 Å². The Morgan fingerprint density at radius 3 is 2.30 bits per heavy atom. The maximum absolute atomic E-state index is 5.55. The molecule has 0 N–H and O–H groups in total. The summed E-state index contributed by atoms with van der Waals surface area (Å²) < 4.78 is 5.55. The van der Waals surface area contributed by atoms with Crippen molar-refractivity contribution in [1.82, 2.24) is 0 Å². The van der Waals surface area contributed by atoms with E-state index in [0.717, 1.165) is 6.42 Å². The van der Waals surface area contributed by atoms with E-state index in [0.29, 0.717) is 12.2 Å². The van der Waals surface area contributed by atoms with Crippen molar-refractivity contribution < 1.29 is 4.74 Å². The summed E-state index contributed by atoms with van der Waals surface area (Å²) in [6.07, 6.45) is 24.6. The Balaban J connectivity index is 1.82. The number of hydrogen-bond donors (Lipinski definition) is 0. The molecule has 0 amide bonds. The summed E-state index contributed by atoms with van der Waals surface area (Å²) in [6, 6.07) is 0. The monoisotopic (exact) mass is 278 g/mol. The Morgan fingerprint density at radius 1 is 0.800 bits per heavy atom. The summed E-state index contributed by atoms with van der Waals surface area (Å²) in [5, 5.41) is 0. The van der Waals surface area contributed by atoms with Crippen LogP contribution in [-0.4, -0.2) is 12.2 Å². The van der Waals surface area contributed by atoms with Crippen LogP contribution in [-0.2, 0) is 4.74 Å². The standard InChI is InChI=1S/C19H34O/c1-3-5-6-7-8-9-10-11-12-13-14-15-17-19-18(20-19)16-4-2/h12-13,15,17-19H,3-11,14,16H2,1-2H3/b13-12-,17-15+/t18-,19-/m0/s1. The number of hydrogen-bond acceptors (Lipinski definition) is 1. The zero-order valence-corrected chi connectivity index (χ0v) is 13.7. The summed E-state index contributed by atoms with van der Waals surface area (Å²) in [7, 11) is 0. The molecule has 1 saturated heterocycles. The molecule has 0 unspecified atom stereocenters. The van der Waals surface area contributed by atoms with Gasteiger partial charge in [0.25, 0.3) is 0 Å². The third kappa shape index (κ3) is 9.36. The molecule has 0 aromatic heterocycles. The molecule has 0 bridgehead atoms. The van der Waals surface area contributed by atoms with Crippen LogP contribution in [0.5, 0.6) is 0 Å². The van der Waals surface area contributed by atoms with Gasteiger partial charge in [0, 0.05) is 0 Å². The minimum atomic E-state index is 0.423. The highest BCUT2D eigenvalue weighted by Gasteiger charge is 2.34. The van der Waals surface area contributed by atoms with Crippen LogP contribution in [0, 0.1) is 0 Å². The van der Waals surface area contributed by atoms with Gasteiger partial charge in [-0.2, -0.15) is 0 Å². The maximum atomic E-state index is 5.55. The molecular formula is C19H34O. The predicted molar refractivity (Wildman–Crippen MR) is 89.1 cm³/mol. The van der Waals surface area contributed by atoms with Crippen LogP contribution < -0.4 is 0 Å². The molecule has 1 aliphatic heterocycles. The summed E-state index contributed by atoms with van der Waals surface area (Å²) >= 11 is 0. The van der Waals surface area contributed by atoms with E-state index < -0.39 is 0 Å². The lowest BCUT2D eigenvalue weighted by atomic mass is 10.1. The predicted octanol–water partition coefficient (Wildman–Crippen LogP) is 6.20. The highest BCUT2D eigenvalue weighted by Crippen LogP contribution is 2.27. The molecule has 1 heterocycles. The number of allylic oxidation sites excluding steroid dienone is 3. The second-order valence-corrected chi connectivity index (χ2v) is 5.97. The van der Waals surface area contributed by atoms with Crippen molar-refractivity contribution >= 4 is 0 Å². The molecule has 0 saturated carbocycles. The Labute approximate surface area is 126 Å². The Kier molecular flexibility index (Phi) is 10.7. The van der Waals surface area contributed by atoms with Crippen molar-refractivity contribution in [2.75, 3.05) is 0 Å². The fourth-order valence-corrected chi connectivity index (χ4v) is 2.57. The average molecular weight is 278 g/mol. The van der Waals surface area contributed by atoms with Crippen LogP contribution in [0.3, 0.4) is 0 Å². The van der Waals surface area contributed by atoms with Gasteiger partial charge in [0.15, 0.2) is 0 Å². The lowest BCUT2D eigenvalue weighted by molar-refractivity contribution is 0.378. The molecular weight excluding hydrogens is 244 g/mol. The van der Waals surface area contributed by atoms with Crippen molar-refractivity contribution in [3.05, 3.63) is 24.3 Å². The lowest BCUT2D eigenvalue weighted by Crippen LogP contribution is -1.88. The summed E-state index contributed by atoms with van der Waals surface area (Å²) in [5.41, 5.74) is 0. The van der Waals surface area contributed by atoms with Crippen molar-refractivity contribution in [3.63, 3.8) is 0 Å². The third-order valence-corrected chi connectivity index (χ3v) is 3.93. The van der Waals surface area contributed by atoms with Crippen molar-refractivity contribution in [1.29, 1.82) is 0 Å². The molecule has 2 atom stereocenters. The lowest BCUT2D eigenvalue weighted by Gasteiger charge is -1.98. The molecule has 20 heavy (non-hydrogen) atoms. The zero-order valence-electron chi connectivity index (χ0n) is 13.7. The highest BCUT2D eigenvalue weighted by molar-refractivity contribution is 5.04. The second kappa shape index (κ2) is 12.2. The Bertz CT molecular complexity index is 267. The van der Waals surface area contributed by atoms with Crippen LogP contribution in [0.2, 0.25) is 0 Å². The quantitative estimate of drug-likeness (QED) is 0.222. The largest absolute Gasteiger partial charge is 0.365 e. The first kappa shape index (κ1) is 17.5. The van der Waals surface area contributed by atoms with Crippen molar-refractivity contribution in [2.45, 2.75) is 96.7 Å². The van der Waals surface area contributed by atoms with Gasteiger partial charge in [-0.05, 0) is 25.7 Å². The van der Waals surface area contributed by atoms with Gasteiger partial charge in [0.2, 0.25) is 0 Å². The second-order valence-electron chi connectivity index (χ2n) is 5.97. The first-order valence-electron chi connectivity index (χ1n) is 8.85. The highest BCUT2D eigenvalue weighted by atomic mass is 16.6. The molecule has 1 fully saturated rings. The van der Waals surface area contributed by atoms with E-state index in [4.69, 9.17) is 4.74 Å². The number of unbranched alkanes of at least 4 members (excludes halogenated alkanes) is 7. The van der Waals surface area contributed by atoms with Crippen molar-refractivity contribution in [3.8, 4) is 0 Å². The van der Waals surface area contributed by atoms with Gasteiger partial charge in [-0.15, -0.1) is 0 Å². The normalized spacial score (nSPS) is 22.1. The van der Waals surface area contributed by atoms with E-state index in [1.165, 1.54) is 64.2 Å². The van der Waals surface area contributed by atoms with Gasteiger partial charge in [-0.3, -0.25) is 0 Å². The van der Waals surface area contributed by atoms with E-state index >= 15 is 0 Å². The smallest absolute Gasteiger partial charge is 0.102 e. The summed E-state index contributed by atoms with van der Waals surface area (Å²) in [4.78, 5) is 0. The fourth-order valence-electron chi connectivity index (χ4n) is 2.57. The Hall–Kier alpha value is -0.560. The Morgan fingerprint density at radius 2 is 1.55 bits per heavy atom. The topological polar surface area (TPSA) is 12.5 Å². The minimum Gasteiger partial charge on any atom is -0.365 e. The van der Waals surface area contributed by atoms with E-state index in [1.807, 2.05) is 0 Å². The molecule has 116 valence electrons. The molecule has 1 aliphatic rings. The van der Waals surface area contributed by atoms with Crippen LogP contribution in [0.4, 0.5) is 0 Å². The van der Waals surface area contributed by atoms with E-state index in [2.05, 4.69) is 38.2 Å².